The zero-order valence-electron chi connectivity index (χ0n) is 12.5. The second-order valence-electron chi connectivity index (χ2n) is 5.71. The fourth-order valence-electron chi connectivity index (χ4n) is 3.02. The average molecular weight is 261 g/mol. The van der Waals surface area contributed by atoms with E-state index in [2.05, 4.69) is 44.3 Å². The minimum absolute atomic E-state index is 0.484. The van der Waals surface area contributed by atoms with Crippen LogP contribution in [-0.4, -0.2) is 13.2 Å². The van der Waals surface area contributed by atoms with Crippen LogP contribution in [-0.2, 0) is 6.42 Å². The lowest BCUT2D eigenvalue weighted by Gasteiger charge is -2.22. The van der Waals surface area contributed by atoms with Crippen molar-refractivity contribution in [3.8, 4) is 5.75 Å². The summed E-state index contributed by atoms with van der Waals surface area (Å²) in [5, 5.41) is 3.64. The van der Waals surface area contributed by atoms with Gasteiger partial charge in [-0.15, -0.1) is 0 Å². The third-order valence-electron chi connectivity index (χ3n) is 3.99. The second kappa shape index (κ2) is 6.95. The van der Waals surface area contributed by atoms with Gasteiger partial charge < -0.3 is 10.1 Å². The van der Waals surface area contributed by atoms with E-state index in [1.807, 2.05) is 0 Å². The molecule has 2 nitrogen and oxygen atoms in total. The van der Waals surface area contributed by atoms with Crippen LogP contribution in [0.25, 0.3) is 0 Å². The molecule has 0 fully saturated rings. The molecule has 1 aliphatic rings. The van der Waals surface area contributed by atoms with Crippen molar-refractivity contribution in [2.45, 2.75) is 52.5 Å². The topological polar surface area (TPSA) is 21.3 Å². The first kappa shape index (κ1) is 14.4. The van der Waals surface area contributed by atoms with E-state index < -0.39 is 0 Å². The van der Waals surface area contributed by atoms with Gasteiger partial charge in [0.25, 0.3) is 0 Å². The lowest BCUT2D eigenvalue weighted by atomic mass is 9.92. The Morgan fingerprint density at radius 1 is 1.32 bits per heavy atom. The number of nitrogens with one attached hydrogen (secondary N) is 1. The first-order chi connectivity index (χ1) is 9.24. The summed E-state index contributed by atoms with van der Waals surface area (Å²) in [5.41, 5.74) is 2.80. The second-order valence-corrected chi connectivity index (χ2v) is 5.71. The molecule has 0 aromatic heterocycles. The molecule has 0 spiro atoms. The summed E-state index contributed by atoms with van der Waals surface area (Å²) >= 11 is 0. The Hall–Kier alpha value is -1.02. The van der Waals surface area contributed by atoms with Gasteiger partial charge in [-0.25, -0.2) is 0 Å². The Balaban J connectivity index is 2.09. The van der Waals surface area contributed by atoms with Gasteiger partial charge in [0.1, 0.15) is 5.75 Å². The van der Waals surface area contributed by atoms with Gasteiger partial charge >= 0.3 is 0 Å². The highest BCUT2D eigenvalue weighted by Crippen LogP contribution is 2.30. The van der Waals surface area contributed by atoms with Crippen molar-refractivity contribution in [3.63, 3.8) is 0 Å². The standard InChI is InChI=1S/C17H27NO/c1-4-6-13(3)11-16(18-5-2)14-7-8-17-15(12-14)9-10-19-17/h7-8,12-13,16,18H,4-6,9-11H2,1-3H3. The fraction of sp³-hybridized carbons (Fsp3) is 0.647. The molecule has 0 saturated heterocycles. The van der Waals surface area contributed by atoms with Gasteiger partial charge in [0.05, 0.1) is 6.61 Å². The Labute approximate surface area is 117 Å². The predicted octanol–water partition coefficient (Wildman–Crippen LogP) is 4.10. The van der Waals surface area contributed by atoms with Crippen molar-refractivity contribution in [2.75, 3.05) is 13.2 Å². The first-order valence-electron chi connectivity index (χ1n) is 7.73. The summed E-state index contributed by atoms with van der Waals surface area (Å²) in [6.07, 6.45) is 4.88. The molecule has 0 radical (unpaired) electrons. The molecule has 2 unspecified atom stereocenters. The van der Waals surface area contributed by atoms with Crippen LogP contribution in [0.15, 0.2) is 18.2 Å². The highest BCUT2D eigenvalue weighted by atomic mass is 16.5. The molecular weight excluding hydrogens is 234 g/mol. The van der Waals surface area contributed by atoms with E-state index in [1.54, 1.807) is 0 Å². The van der Waals surface area contributed by atoms with Gasteiger partial charge in [-0.1, -0.05) is 45.7 Å². The molecule has 1 aliphatic heterocycles. The molecule has 0 saturated carbocycles. The van der Waals surface area contributed by atoms with Crippen molar-refractivity contribution in [1.82, 2.24) is 5.32 Å². The third kappa shape index (κ3) is 3.73. The molecule has 19 heavy (non-hydrogen) atoms. The van der Waals surface area contributed by atoms with E-state index in [9.17, 15) is 0 Å². The van der Waals surface area contributed by atoms with Crippen LogP contribution in [0.4, 0.5) is 0 Å². The van der Waals surface area contributed by atoms with Crippen LogP contribution in [0.3, 0.4) is 0 Å². The molecule has 1 aromatic carbocycles. The molecule has 1 aromatic rings. The summed E-state index contributed by atoms with van der Waals surface area (Å²) in [4.78, 5) is 0. The molecule has 106 valence electrons. The number of rotatable bonds is 7. The van der Waals surface area contributed by atoms with Crippen LogP contribution in [0.5, 0.6) is 5.75 Å². The molecular formula is C17H27NO. The van der Waals surface area contributed by atoms with Gasteiger partial charge in [0.15, 0.2) is 0 Å². The maximum absolute atomic E-state index is 5.59. The maximum Gasteiger partial charge on any atom is 0.122 e. The van der Waals surface area contributed by atoms with Crippen LogP contribution >= 0.6 is 0 Å². The molecule has 0 bridgehead atoms. The maximum atomic E-state index is 5.59. The van der Waals surface area contributed by atoms with Crippen LogP contribution in [0.2, 0.25) is 0 Å². The van der Waals surface area contributed by atoms with Crippen molar-refractivity contribution in [2.24, 2.45) is 5.92 Å². The largest absolute Gasteiger partial charge is 0.493 e. The Morgan fingerprint density at radius 2 is 2.16 bits per heavy atom. The predicted molar refractivity (Wildman–Crippen MR) is 80.7 cm³/mol. The van der Waals surface area contributed by atoms with E-state index >= 15 is 0 Å². The summed E-state index contributed by atoms with van der Waals surface area (Å²) in [5.74, 6) is 1.86. The molecule has 1 heterocycles. The highest BCUT2D eigenvalue weighted by Gasteiger charge is 2.18. The van der Waals surface area contributed by atoms with E-state index in [1.165, 1.54) is 30.4 Å². The summed E-state index contributed by atoms with van der Waals surface area (Å²) in [6, 6.07) is 7.20. The van der Waals surface area contributed by atoms with Gasteiger partial charge in [0, 0.05) is 12.5 Å². The van der Waals surface area contributed by atoms with Crippen molar-refractivity contribution >= 4 is 0 Å². The molecule has 2 rings (SSSR count). The molecule has 1 N–H and O–H groups in total. The minimum Gasteiger partial charge on any atom is -0.493 e. The summed E-state index contributed by atoms with van der Waals surface area (Å²) in [6.45, 7) is 8.69. The van der Waals surface area contributed by atoms with Crippen molar-refractivity contribution in [1.29, 1.82) is 0 Å². The van der Waals surface area contributed by atoms with Crippen molar-refractivity contribution in [3.05, 3.63) is 29.3 Å². The summed E-state index contributed by atoms with van der Waals surface area (Å²) in [7, 11) is 0. The lowest BCUT2D eigenvalue weighted by Crippen LogP contribution is -2.23. The number of hydrogen-bond acceptors (Lipinski definition) is 2. The lowest BCUT2D eigenvalue weighted by molar-refractivity contribution is 0.356. The number of hydrogen-bond donors (Lipinski definition) is 1. The van der Waals surface area contributed by atoms with Gasteiger partial charge in [-0.05, 0) is 36.1 Å². The molecule has 0 amide bonds. The zero-order valence-corrected chi connectivity index (χ0v) is 12.5. The average Bonchev–Trinajstić information content (AvgIpc) is 2.85. The van der Waals surface area contributed by atoms with E-state index in [0.717, 1.165) is 31.2 Å². The van der Waals surface area contributed by atoms with Gasteiger partial charge in [-0.2, -0.15) is 0 Å². The number of ether oxygens (including phenoxy) is 1. The number of fused-ring (bicyclic) bond motifs is 1. The van der Waals surface area contributed by atoms with Crippen LogP contribution in [0.1, 0.15) is 57.2 Å². The van der Waals surface area contributed by atoms with Crippen molar-refractivity contribution < 1.29 is 4.74 Å². The molecule has 0 aliphatic carbocycles. The van der Waals surface area contributed by atoms with E-state index in [4.69, 9.17) is 4.74 Å². The monoisotopic (exact) mass is 261 g/mol. The Bertz CT molecular complexity index is 402. The Kier molecular flexibility index (Phi) is 5.26. The Morgan fingerprint density at radius 3 is 2.89 bits per heavy atom. The summed E-state index contributed by atoms with van der Waals surface area (Å²) < 4.78 is 5.59. The van der Waals surface area contributed by atoms with E-state index in [-0.39, 0.29) is 0 Å². The molecule has 2 atom stereocenters. The zero-order chi connectivity index (χ0) is 13.7. The molecule has 2 heteroatoms. The van der Waals surface area contributed by atoms with Crippen LogP contribution in [0, 0.1) is 5.92 Å². The van der Waals surface area contributed by atoms with Gasteiger partial charge in [-0.3, -0.25) is 0 Å². The first-order valence-corrected chi connectivity index (χ1v) is 7.73. The van der Waals surface area contributed by atoms with Gasteiger partial charge in [0.2, 0.25) is 0 Å². The normalized spacial score (nSPS) is 16.8. The SMILES string of the molecule is CCCC(C)CC(NCC)c1ccc2c(c1)CCO2. The third-order valence-corrected chi connectivity index (χ3v) is 3.99. The quantitative estimate of drug-likeness (QED) is 0.798. The minimum atomic E-state index is 0.484. The van der Waals surface area contributed by atoms with Crippen LogP contribution < -0.4 is 10.1 Å². The fourth-order valence-corrected chi connectivity index (χ4v) is 3.02. The highest BCUT2D eigenvalue weighted by molar-refractivity contribution is 5.40. The number of benzene rings is 1. The smallest absolute Gasteiger partial charge is 0.122 e. The van der Waals surface area contributed by atoms with E-state index in [0.29, 0.717) is 6.04 Å².